The summed E-state index contributed by atoms with van der Waals surface area (Å²) in [6, 6.07) is 12.3. The van der Waals surface area contributed by atoms with Gasteiger partial charge in [0.2, 0.25) is 0 Å². The number of aryl methyl sites for hydroxylation is 2. The second-order valence-electron chi connectivity index (χ2n) is 6.74. The van der Waals surface area contributed by atoms with Gasteiger partial charge in [0, 0.05) is 30.9 Å². The minimum atomic E-state index is -0.537. The summed E-state index contributed by atoms with van der Waals surface area (Å²) in [4.78, 5) is 5.55. The fourth-order valence-corrected chi connectivity index (χ4v) is 3.69. The summed E-state index contributed by atoms with van der Waals surface area (Å²) < 4.78 is 28.1. The first-order chi connectivity index (χ1) is 12.0. The van der Waals surface area contributed by atoms with Crippen LogP contribution in [-0.2, 0) is 13.0 Å². The van der Waals surface area contributed by atoms with Crippen LogP contribution in [-0.4, -0.2) is 11.5 Å². The number of hydrogen-bond acceptors (Lipinski definition) is 1. The van der Waals surface area contributed by atoms with Crippen molar-refractivity contribution in [2.24, 2.45) is 0 Å². The molecule has 25 heavy (non-hydrogen) atoms. The molecular weight excluding hydrogens is 318 g/mol. The Morgan fingerprint density at radius 2 is 1.76 bits per heavy atom. The average Bonchev–Trinajstić information content (AvgIpc) is 2.97. The lowest BCUT2D eigenvalue weighted by Gasteiger charge is -2.30. The Morgan fingerprint density at radius 1 is 1.00 bits per heavy atom. The second kappa shape index (κ2) is 6.03. The van der Waals surface area contributed by atoms with Crippen molar-refractivity contribution in [3.05, 3.63) is 76.5 Å². The van der Waals surface area contributed by atoms with Gasteiger partial charge in [-0.3, -0.25) is 0 Å². The molecule has 1 aromatic heterocycles. The number of nitrogens with one attached hydrogen (secondary N) is 1. The maximum absolute atomic E-state index is 14.1. The Balaban J connectivity index is 1.68. The summed E-state index contributed by atoms with van der Waals surface area (Å²) in [5.74, 6) is -1.07. The number of aromatic nitrogens is 1. The van der Waals surface area contributed by atoms with Gasteiger partial charge in [0.1, 0.15) is 11.6 Å². The minimum absolute atomic E-state index is 0.0231. The molecule has 0 unspecified atom stereocenters. The van der Waals surface area contributed by atoms with Crippen LogP contribution in [0.5, 0.6) is 0 Å². The monoisotopic (exact) mass is 338 g/mol. The van der Waals surface area contributed by atoms with Crippen LogP contribution >= 0.6 is 0 Å². The third-order valence-corrected chi connectivity index (χ3v) is 4.91. The van der Waals surface area contributed by atoms with Gasteiger partial charge in [0.25, 0.3) is 0 Å². The van der Waals surface area contributed by atoms with E-state index in [0.717, 1.165) is 30.8 Å². The van der Waals surface area contributed by atoms with Gasteiger partial charge in [-0.25, -0.2) is 8.78 Å². The summed E-state index contributed by atoms with van der Waals surface area (Å²) >= 11 is 0. The van der Waals surface area contributed by atoms with E-state index in [-0.39, 0.29) is 5.56 Å². The molecule has 2 aromatic carbocycles. The van der Waals surface area contributed by atoms with Crippen molar-refractivity contribution in [1.29, 1.82) is 0 Å². The highest BCUT2D eigenvalue weighted by Gasteiger charge is 2.22. The molecule has 3 aromatic rings. The van der Waals surface area contributed by atoms with Crippen LogP contribution in [0.3, 0.4) is 0 Å². The molecule has 0 saturated carbocycles. The van der Waals surface area contributed by atoms with Gasteiger partial charge in [-0.05, 0) is 49.2 Å². The molecule has 0 spiro atoms. The topological polar surface area (TPSA) is 19.0 Å². The largest absolute Gasteiger partial charge is 0.367 e. The van der Waals surface area contributed by atoms with Crippen molar-refractivity contribution in [2.75, 3.05) is 11.4 Å². The minimum Gasteiger partial charge on any atom is -0.367 e. The van der Waals surface area contributed by atoms with Crippen LogP contribution in [0.4, 0.5) is 14.5 Å². The molecule has 1 N–H and O–H groups in total. The number of nitrogens with zero attached hydrogens (tertiary/aromatic N) is 1. The molecule has 2 heterocycles. The number of hydrogen-bond donors (Lipinski definition) is 1. The van der Waals surface area contributed by atoms with E-state index in [4.69, 9.17) is 0 Å². The molecule has 1 aliphatic heterocycles. The molecule has 0 aliphatic carbocycles. The SMILES string of the molecule is Cc1ccc(N2CCc3[nH]c(-c4c(F)cccc4F)cc3C2)c(C)c1. The van der Waals surface area contributed by atoms with Crippen molar-refractivity contribution < 1.29 is 8.78 Å². The van der Waals surface area contributed by atoms with E-state index in [2.05, 4.69) is 41.9 Å². The standard InChI is InChI=1S/C21H20F2N2/c1-13-6-7-20(14(2)10-13)25-9-8-18-15(12-25)11-19(24-18)21-16(22)4-3-5-17(21)23/h3-7,10-11,24H,8-9,12H2,1-2H3. The van der Waals surface area contributed by atoms with Crippen LogP contribution in [0.1, 0.15) is 22.4 Å². The Labute approximate surface area is 146 Å². The first-order valence-corrected chi connectivity index (χ1v) is 8.50. The number of benzene rings is 2. The van der Waals surface area contributed by atoms with Gasteiger partial charge in [0.05, 0.1) is 11.3 Å². The molecule has 0 saturated heterocycles. The molecule has 0 fully saturated rings. The number of anilines is 1. The quantitative estimate of drug-likeness (QED) is 0.685. The first-order valence-electron chi connectivity index (χ1n) is 8.50. The Kier molecular flexibility index (Phi) is 3.83. The van der Waals surface area contributed by atoms with E-state index < -0.39 is 11.6 Å². The summed E-state index contributed by atoms with van der Waals surface area (Å²) in [6.45, 7) is 5.84. The smallest absolute Gasteiger partial charge is 0.135 e. The van der Waals surface area contributed by atoms with E-state index in [9.17, 15) is 8.78 Å². The maximum atomic E-state index is 14.1. The van der Waals surface area contributed by atoms with E-state index in [1.54, 1.807) is 0 Å². The van der Waals surface area contributed by atoms with Gasteiger partial charge in [0.15, 0.2) is 0 Å². The van der Waals surface area contributed by atoms with Crippen LogP contribution in [0.25, 0.3) is 11.3 Å². The lowest BCUT2D eigenvalue weighted by Crippen LogP contribution is -2.30. The Bertz CT molecular complexity index is 923. The van der Waals surface area contributed by atoms with Crippen molar-refractivity contribution in [3.8, 4) is 11.3 Å². The molecule has 0 bridgehead atoms. The number of H-pyrrole nitrogens is 1. The highest BCUT2D eigenvalue weighted by atomic mass is 19.1. The first kappa shape index (κ1) is 15.9. The maximum Gasteiger partial charge on any atom is 0.135 e. The normalized spacial score (nSPS) is 13.8. The summed E-state index contributed by atoms with van der Waals surface area (Å²) in [7, 11) is 0. The fraction of sp³-hybridized carbons (Fsp3) is 0.238. The summed E-state index contributed by atoms with van der Waals surface area (Å²) in [6.07, 6.45) is 0.832. The summed E-state index contributed by atoms with van der Waals surface area (Å²) in [5, 5.41) is 0. The van der Waals surface area contributed by atoms with Crippen LogP contribution in [0.2, 0.25) is 0 Å². The van der Waals surface area contributed by atoms with Crippen molar-refractivity contribution in [2.45, 2.75) is 26.8 Å². The van der Waals surface area contributed by atoms with Gasteiger partial charge in [-0.2, -0.15) is 0 Å². The van der Waals surface area contributed by atoms with Crippen LogP contribution < -0.4 is 4.90 Å². The Hall–Kier alpha value is -2.62. The molecule has 1 aliphatic rings. The average molecular weight is 338 g/mol. The van der Waals surface area contributed by atoms with Gasteiger partial charge in [-0.1, -0.05) is 23.8 Å². The number of rotatable bonds is 2. The lowest BCUT2D eigenvalue weighted by molar-refractivity contribution is 0.589. The zero-order valence-electron chi connectivity index (χ0n) is 14.4. The molecule has 0 amide bonds. The molecule has 0 atom stereocenters. The zero-order valence-corrected chi connectivity index (χ0v) is 14.4. The van der Waals surface area contributed by atoms with Gasteiger partial charge in [-0.15, -0.1) is 0 Å². The molecule has 0 radical (unpaired) electrons. The fourth-order valence-electron chi connectivity index (χ4n) is 3.69. The van der Waals surface area contributed by atoms with Gasteiger partial charge >= 0.3 is 0 Å². The van der Waals surface area contributed by atoms with Crippen LogP contribution in [0.15, 0.2) is 42.5 Å². The van der Waals surface area contributed by atoms with E-state index in [1.165, 1.54) is 35.0 Å². The van der Waals surface area contributed by atoms with Crippen LogP contribution in [0, 0.1) is 25.5 Å². The van der Waals surface area contributed by atoms with E-state index >= 15 is 0 Å². The molecule has 2 nitrogen and oxygen atoms in total. The second-order valence-corrected chi connectivity index (χ2v) is 6.74. The predicted octanol–water partition coefficient (Wildman–Crippen LogP) is 5.14. The van der Waals surface area contributed by atoms with Gasteiger partial charge < -0.3 is 9.88 Å². The third-order valence-electron chi connectivity index (χ3n) is 4.91. The molecule has 4 heteroatoms. The van der Waals surface area contributed by atoms with Crippen molar-refractivity contribution >= 4 is 5.69 Å². The molecule has 4 rings (SSSR count). The molecular formula is C21H20F2N2. The number of fused-ring (bicyclic) bond motifs is 1. The summed E-state index contributed by atoms with van der Waals surface area (Å²) in [5.41, 5.74) is 6.42. The van der Waals surface area contributed by atoms with E-state index in [0.29, 0.717) is 5.69 Å². The third kappa shape index (κ3) is 2.82. The lowest BCUT2D eigenvalue weighted by atomic mass is 10.0. The highest BCUT2D eigenvalue weighted by Crippen LogP contribution is 2.32. The zero-order chi connectivity index (χ0) is 17.6. The molecule has 128 valence electrons. The van der Waals surface area contributed by atoms with E-state index in [1.807, 2.05) is 6.07 Å². The van der Waals surface area contributed by atoms with Crippen molar-refractivity contribution in [1.82, 2.24) is 4.98 Å². The highest BCUT2D eigenvalue weighted by molar-refractivity contribution is 5.64. The number of halogens is 2. The van der Waals surface area contributed by atoms with Crippen molar-refractivity contribution in [3.63, 3.8) is 0 Å². The predicted molar refractivity (Wildman–Crippen MR) is 96.8 cm³/mol. The Morgan fingerprint density at radius 3 is 2.48 bits per heavy atom. The number of aromatic amines is 1.